The van der Waals surface area contributed by atoms with E-state index in [4.69, 9.17) is 28.9 Å². The van der Waals surface area contributed by atoms with Crippen LogP contribution < -0.4 is 11.1 Å². The molecule has 98 valence electrons. The molecule has 0 fully saturated rings. The molecular weight excluding hydrogens is 351 g/mol. The number of benzene rings is 2. The maximum absolute atomic E-state index is 12.1. The molecule has 0 aliphatic carbocycles. The molecule has 0 radical (unpaired) electrons. The van der Waals surface area contributed by atoms with Crippen LogP contribution in [0.3, 0.4) is 0 Å². The Labute approximate surface area is 128 Å². The Balaban J connectivity index is 2.28. The van der Waals surface area contributed by atoms with Crippen LogP contribution in [0, 0.1) is 0 Å². The summed E-state index contributed by atoms with van der Waals surface area (Å²) in [4.78, 5) is 12.1. The molecule has 0 aliphatic heterocycles. The number of amides is 1. The van der Waals surface area contributed by atoms with Crippen molar-refractivity contribution < 1.29 is 4.79 Å². The molecule has 0 bridgehead atoms. The molecule has 0 saturated carbocycles. The number of hydrogen-bond acceptors (Lipinski definition) is 2. The summed E-state index contributed by atoms with van der Waals surface area (Å²) in [6.45, 7) is 0. The zero-order valence-electron chi connectivity index (χ0n) is 9.58. The van der Waals surface area contributed by atoms with E-state index in [9.17, 15) is 4.79 Å². The van der Waals surface area contributed by atoms with Crippen molar-refractivity contribution in [1.29, 1.82) is 0 Å². The smallest absolute Gasteiger partial charge is 0.256 e. The number of anilines is 2. The van der Waals surface area contributed by atoms with Gasteiger partial charge in [-0.3, -0.25) is 4.79 Å². The molecule has 0 atom stereocenters. The van der Waals surface area contributed by atoms with Crippen molar-refractivity contribution in [2.24, 2.45) is 0 Å². The fourth-order valence-corrected chi connectivity index (χ4v) is 2.33. The lowest BCUT2D eigenvalue weighted by Gasteiger charge is -2.09. The van der Waals surface area contributed by atoms with Gasteiger partial charge in [0.15, 0.2) is 0 Å². The highest BCUT2D eigenvalue weighted by atomic mass is 79.9. The van der Waals surface area contributed by atoms with Gasteiger partial charge < -0.3 is 11.1 Å². The summed E-state index contributed by atoms with van der Waals surface area (Å²) in [5, 5.41) is 3.57. The molecule has 1 amide bonds. The molecule has 2 aromatic carbocycles. The Bertz CT molecular complexity index is 647. The highest BCUT2D eigenvalue weighted by Gasteiger charge is 2.12. The van der Waals surface area contributed by atoms with Gasteiger partial charge in [-0.1, -0.05) is 23.2 Å². The van der Waals surface area contributed by atoms with Gasteiger partial charge >= 0.3 is 0 Å². The van der Waals surface area contributed by atoms with Crippen LogP contribution >= 0.6 is 39.1 Å². The minimum absolute atomic E-state index is 0.305. The molecule has 19 heavy (non-hydrogen) atoms. The molecule has 6 heteroatoms. The number of hydrogen-bond donors (Lipinski definition) is 2. The molecule has 2 aromatic rings. The highest BCUT2D eigenvalue weighted by Crippen LogP contribution is 2.26. The van der Waals surface area contributed by atoms with E-state index in [1.807, 2.05) is 0 Å². The largest absolute Gasteiger partial charge is 0.399 e. The molecule has 2 rings (SSSR count). The third-order valence-corrected chi connectivity index (χ3v) is 3.65. The highest BCUT2D eigenvalue weighted by molar-refractivity contribution is 9.10. The van der Waals surface area contributed by atoms with Crippen molar-refractivity contribution in [3.63, 3.8) is 0 Å². The number of nitrogens with one attached hydrogen (secondary N) is 1. The van der Waals surface area contributed by atoms with E-state index in [1.165, 1.54) is 0 Å². The Hall–Kier alpha value is -1.23. The number of halogens is 3. The number of carbonyl (C=O) groups excluding carboxylic acids is 1. The summed E-state index contributed by atoms with van der Waals surface area (Å²) >= 11 is 15.2. The van der Waals surface area contributed by atoms with Gasteiger partial charge in [0, 0.05) is 15.2 Å². The summed E-state index contributed by atoms with van der Waals surface area (Å²) in [5.41, 5.74) is 7.05. The zero-order valence-corrected chi connectivity index (χ0v) is 12.7. The van der Waals surface area contributed by atoms with Gasteiger partial charge in [0.1, 0.15) is 0 Å². The number of nitrogen functional groups attached to an aromatic ring is 1. The van der Waals surface area contributed by atoms with E-state index in [0.29, 0.717) is 31.5 Å². The molecule has 3 N–H and O–H groups in total. The van der Waals surface area contributed by atoms with E-state index in [1.54, 1.807) is 36.4 Å². The normalized spacial score (nSPS) is 10.3. The van der Waals surface area contributed by atoms with Crippen LogP contribution in [0.2, 0.25) is 10.0 Å². The first-order chi connectivity index (χ1) is 8.97. The van der Waals surface area contributed by atoms with Crippen LogP contribution in [-0.4, -0.2) is 5.91 Å². The molecule has 0 heterocycles. The number of carbonyl (C=O) groups is 1. The van der Waals surface area contributed by atoms with Crippen molar-refractivity contribution in [1.82, 2.24) is 0 Å². The molecule has 0 unspecified atom stereocenters. The molecule has 0 aliphatic rings. The van der Waals surface area contributed by atoms with Crippen LogP contribution in [0.5, 0.6) is 0 Å². The van der Waals surface area contributed by atoms with Crippen LogP contribution in [0.15, 0.2) is 40.9 Å². The average Bonchev–Trinajstić information content (AvgIpc) is 2.35. The molecule has 0 aromatic heterocycles. The Morgan fingerprint density at radius 2 is 1.89 bits per heavy atom. The Morgan fingerprint density at radius 3 is 2.58 bits per heavy atom. The SMILES string of the molecule is Nc1ccc(NC(=O)c2cc(Cl)ccc2Br)c(Cl)c1. The van der Waals surface area contributed by atoms with Crippen LogP contribution in [0.4, 0.5) is 11.4 Å². The van der Waals surface area contributed by atoms with Crippen molar-refractivity contribution >= 4 is 56.4 Å². The maximum atomic E-state index is 12.1. The second-order valence-corrected chi connectivity index (χ2v) is 5.52. The number of rotatable bonds is 2. The summed E-state index contributed by atoms with van der Waals surface area (Å²) in [7, 11) is 0. The lowest BCUT2D eigenvalue weighted by molar-refractivity contribution is 0.102. The second kappa shape index (κ2) is 5.82. The molecule has 3 nitrogen and oxygen atoms in total. The van der Waals surface area contributed by atoms with Crippen molar-refractivity contribution in [2.45, 2.75) is 0 Å². The van der Waals surface area contributed by atoms with E-state index in [2.05, 4.69) is 21.2 Å². The fraction of sp³-hybridized carbons (Fsp3) is 0. The van der Waals surface area contributed by atoms with E-state index in [0.717, 1.165) is 0 Å². The summed E-state index contributed by atoms with van der Waals surface area (Å²) in [6, 6.07) is 9.86. The first-order valence-corrected chi connectivity index (χ1v) is 6.83. The van der Waals surface area contributed by atoms with E-state index < -0.39 is 0 Å². The molecule has 0 saturated heterocycles. The summed E-state index contributed by atoms with van der Waals surface area (Å²) < 4.78 is 0.654. The van der Waals surface area contributed by atoms with E-state index >= 15 is 0 Å². The quantitative estimate of drug-likeness (QED) is 0.770. The lowest BCUT2D eigenvalue weighted by atomic mass is 10.2. The maximum Gasteiger partial charge on any atom is 0.256 e. The molecular formula is C13H9BrCl2N2O. The topological polar surface area (TPSA) is 55.1 Å². The summed E-state index contributed by atoms with van der Waals surface area (Å²) in [6.07, 6.45) is 0. The van der Waals surface area contributed by atoms with Crippen LogP contribution in [-0.2, 0) is 0 Å². The minimum atomic E-state index is -0.305. The van der Waals surface area contributed by atoms with Gasteiger partial charge in [-0.25, -0.2) is 0 Å². The monoisotopic (exact) mass is 358 g/mol. The van der Waals surface area contributed by atoms with Gasteiger partial charge in [0.05, 0.1) is 16.3 Å². The first kappa shape index (κ1) is 14.2. The standard InChI is InChI=1S/C13H9BrCl2N2O/c14-10-3-1-7(15)5-9(10)13(19)18-12-4-2-8(17)6-11(12)16/h1-6H,17H2,(H,18,19). The predicted octanol–water partition coefficient (Wildman–Crippen LogP) is 4.59. The van der Waals surface area contributed by atoms with Crippen molar-refractivity contribution in [3.05, 3.63) is 56.5 Å². The van der Waals surface area contributed by atoms with Gasteiger partial charge in [0.2, 0.25) is 0 Å². The van der Waals surface area contributed by atoms with Crippen molar-refractivity contribution in [3.8, 4) is 0 Å². The minimum Gasteiger partial charge on any atom is -0.399 e. The van der Waals surface area contributed by atoms with Gasteiger partial charge in [-0.15, -0.1) is 0 Å². The predicted molar refractivity (Wildman–Crippen MR) is 83.0 cm³/mol. The third kappa shape index (κ3) is 3.41. The third-order valence-electron chi connectivity index (χ3n) is 2.41. The van der Waals surface area contributed by atoms with Crippen LogP contribution in [0.25, 0.3) is 0 Å². The zero-order chi connectivity index (χ0) is 14.0. The Kier molecular flexibility index (Phi) is 4.34. The van der Waals surface area contributed by atoms with Crippen molar-refractivity contribution in [2.75, 3.05) is 11.1 Å². The second-order valence-electron chi connectivity index (χ2n) is 3.82. The van der Waals surface area contributed by atoms with Gasteiger partial charge in [-0.05, 0) is 52.3 Å². The Morgan fingerprint density at radius 1 is 1.16 bits per heavy atom. The summed E-state index contributed by atoms with van der Waals surface area (Å²) in [5.74, 6) is -0.305. The van der Waals surface area contributed by atoms with Gasteiger partial charge in [-0.2, -0.15) is 0 Å². The number of nitrogens with two attached hydrogens (primary N) is 1. The van der Waals surface area contributed by atoms with Gasteiger partial charge in [0.25, 0.3) is 5.91 Å². The van der Waals surface area contributed by atoms with Crippen LogP contribution in [0.1, 0.15) is 10.4 Å². The average molecular weight is 360 g/mol. The first-order valence-electron chi connectivity index (χ1n) is 5.29. The molecule has 0 spiro atoms. The lowest BCUT2D eigenvalue weighted by Crippen LogP contribution is -2.13. The fourth-order valence-electron chi connectivity index (χ4n) is 1.49. The van der Waals surface area contributed by atoms with E-state index in [-0.39, 0.29) is 5.91 Å².